The van der Waals surface area contributed by atoms with Gasteiger partial charge in [-0.25, -0.2) is 13.6 Å². The third kappa shape index (κ3) is 8.60. The molecule has 4 N–H and O–H groups in total. The molecule has 4 atom stereocenters. The molecule has 2 saturated carbocycles. The van der Waals surface area contributed by atoms with Gasteiger partial charge in [-0.3, -0.25) is 19.2 Å². The number of amides is 4. The molecule has 0 radical (unpaired) electrons. The van der Waals surface area contributed by atoms with E-state index in [1.165, 1.54) is 4.90 Å². The fourth-order valence-corrected chi connectivity index (χ4v) is 5.65. The Morgan fingerprint density at radius 2 is 1.56 bits per heavy atom. The number of alkyl halides is 2. The summed E-state index contributed by atoms with van der Waals surface area (Å²) < 4.78 is 27.3. The molecule has 0 aromatic rings. The minimum atomic E-state index is -3.11. The van der Waals surface area contributed by atoms with Crippen LogP contribution >= 0.6 is 0 Å². The lowest BCUT2D eigenvalue weighted by atomic mass is 9.85. The van der Waals surface area contributed by atoms with Crippen LogP contribution in [0, 0.1) is 17.3 Å². The topological polar surface area (TPSA) is 145 Å². The number of nitrogens with zero attached hydrogens (tertiary/aromatic N) is 1. The van der Waals surface area contributed by atoms with Crippen LogP contribution in [0.25, 0.3) is 0 Å². The van der Waals surface area contributed by atoms with Gasteiger partial charge in [0.1, 0.15) is 12.1 Å². The lowest BCUT2D eigenvalue weighted by Gasteiger charge is -2.35. The first-order valence-corrected chi connectivity index (χ1v) is 13.9. The van der Waals surface area contributed by atoms with Gasteiger partial charge in [0.25, 0.3) is 5.91 Å². The minimum Gasteiger partial charge on any atom is -0.465 e. The third-order valence-corrected chi connectivity index (χ3v) is 8.01. The van der Waals surface area contributed by atoms with Gasteiger partial charge in [0.05, 0.1) is 6.04 Å². The lowest BCUT2D eigenvalue weighted by molar-refractivity contribution is -0.144. The van der Waals surface area contributed by atoms with Crippen LogP contribution in [0.15, 0.2) is 0 Å². The van der Waals surface area contributed by atoms with E-state index >= 15 is 0 Å². The van der Waals surface area contributed by atoms with Crippen molar-refractivity contribution >= 4 is 29.6 Å². The summed E-state index contributed by atoms with van der Waals surface area (Å²) in [5.74, 6) is -5.98. The van der Waals surface area contributed by atoms with Crippen molar-refractivity contribution in [1.82, 2.24) is 20.9 Å². The molecule has 1 heterocycles. The summed E-state index contributed by atoms with van der Waals surface area (Å²) >= 11 is 0. The first kappa shape index (κ1) is 30.7. The zero-order chi connectivity index (χ0) is 29.1. The van der Waals surface area contributed by atoms with Gasteiger partial charge < -0.3 is 26.0 Å². The number of rotatable bonds is 11. The Kier molecular flexibility index (Phi) is 9.59. The second-order valence-electron chi connectivity index (χ2n) is 12.6. The maximum absolute atomic E-state index is 13.7. The zero-order valence-electron chi connectivity index (χ0n) is 23.2. The molecular weight excluding hydrogens is 514 g/mol. The van der Waals surface area contributed by atoms with Crippen molar-refractivity contribution in [2.45, 2.75) is 116 Å². The fourth-order valence-electron chi connectivity index (χ4n) is 5.65. The number of carboxylic acid groups (broad SMARTS) is 1. The van der Waals surface area contributed by atoms with Crippen LogP contribution in [-0.4, -0.2) is 76.2 Å². The smallest absolute Gasteiger partial charge is 0.405 e. The van der Waals surface area contributed by atoms with Crippen molar-refractivity contribution in [2.24, 2.45) is 17.3 Å². The van der Waals surface area contributed by atoms with Gasteiger partial charge >= 0.3 is 6.09 Å². The molecule has 1 aliphatic heterocycles. The molecule has 4 amide bonds. The molecule has 0 spiro atoms. The number of hydrogen-bond donors (Lipinski definition) is 4. The molecule has 39 heavy (non-hydrogen) atoms. The van der Waals surface area contributed by atoms with Crippen molar-refractivity contribution in [2.75, 3.05) is 6.54 Å². The van der Waals surface area contributed by atoms with Crippen LogP contribution in [0.3, 0.4) is 0 Å². The first-order valence-electron chi connectivity index (χ1n) is 13.9. The van der Waals surface area contributed by atoms with Gasteiger partial charge in [0, 0.05) is 19.0 Å². The Balaban J connectivity index is 1.84. The summed E-state index contributed by atoms with van der Waals surface area (Å²) in [6.45, 7) is 6.09. The SMILES string of the molecule is CC(F)(F)CCC(NC(=O)[C@@H]1CC(C2CCCC2)CN1C(=O)[C@@H](NC(=O)O)C(C)(C)C)C(=O)C(=O)NC1CC1. The molecule has 220 valence electrons. The molecule has 3 rings (SSSR count). The fraction of sp³-hybridized carbons (Fsp3) is 0.815. The van der Waals surface area contributed by atoms with Crippen LogP contribution in [0.5, 0.6) is 0 Å². The minimum absolute atomic E-state index is 0.00457. The van der Waals surface area contributed by atoms with E-state index in [-0.39, 0.29) is 18.5 Å². The first-order chi connectivity index (χ1) is 18.1. The predicted molar refractivity (Wildman–Crippen MR) is 138 cm³/mol. The molecule has 1 saturated heterocycles. The second-order valence-corrected chi connectivity index (χ2v) is 12.6. The van der Waals surface area contributed by atoms with Gasteiger partial charge in [0.15, 0.2) is 0 Å². The van der Waals surface area contributed by atoms with Crippen LogP contribution in [0.4, 0.5) is 13.6 Å². The number of likely N-dealkylation sites (tertiary alicyclic amines) is 1. The number of nitrogens with one attached hydrogen (secondary N) is 3. The Labute approximate surface area is 228 Å². The van der Waals surface area contributed by atoms with Gasteiger partial charge in [-0.05, 0) is 49.9 Å². The predicted octanol–water partition coefficient (Wildman–Crippen LogP) is 2.84. The van der Waals surface area contributed by atoms with Crippen molar-refractivity contribution in [3.8, 4) is 0 Å². The van der Waals surface area contributed by atoms with Crippen molar-refractivity contribution in [3.63, 3.8) is 0 Å². The molecule has 10 nitrogen and oxygen atoms in total. The second kappa shape index (κ2) is 12.2. The summed E-state index contributed by atoms with van der Waals surface area (Å²) in [5, 5.41) is 16.7. The molecule has 2 unspecified atom stereocenters. The molecule has 0 bridgehead atoms. The van der Waals surface area contributed by atoms with Crippen LogP contribution in [-0.2, 0) is 19.2 Å². The number of carbonyl (C=O) groups is 5. The summed E-state index contributed by atoms with van der Waals surface area (Å²) in [7, 11) is 0. The van der Waals surface area contributed by atoms with Gasteiger partial charge in [-0.1, -0.05) is 46.5 Å². The standard InChI is InChI=1S/C27H42F2N4O6/c1-26(2,3)21(32-25(38)39)24(37)33-14-16(15-7-5-6-8-15)13-19(33)22(35)31-18(11-12-27(4,28)29)20(34)23(36)30-17-9-10-17/h15-19,21,32H,5-14H2,1-4H3,(H,30,36)(H,31,35)(H,38,39)/t16?,18?,19-,21+/m0/s1. The molecular formula is C27H42F2N4O6. The number of Topliss-reactive ketones (excluding diaryl/α,β-unsaturated/α-hetero) is 1. The number of carbonyl (C=O) groups excluding carboxylic acids is 4. The monoisotopic (exact) mass is 556 g/mol. The highest BCUT2D eigenvalue weighted by Gasteiger charge is 2.47. The molecule has 0 aromatic carbocycles. The van der Waals surface area contributed by atoms with E-state index in [0.29, 0.717) is 19.3 Å². The quantitative estimate of drug-likeness (QED) is 0.288. The van der Waals surface area contributed by atoms with Crippen molar-refractivity contribution < 1.29 is 37.9 Å². The molecule has 12 heteroatoms. The van der Waals surface area contributed by atoms with E-state index in [1.807, 2.05) is 0 Å². The Morgan fingerprint density at radius 1 is 0.949 bits per heavy atom. The maximum atomic E-state index is 13.7. The highest BCUT2D eigenvalue weighted by Crippen LogP contribution is 2.39. The Hall–Kier alpha value is -2.79. The highest BCUT2D eigenvalue weighted by molar-refractivity contribution is 6.38. The average molecular weight is 557 g/mol. The van der Waals surface area contributed by atoms with Crippen LogP contribution in [0.2, 0.25) is 0 Å². The van der Waals surface area contributed by atoms with Crippen molar-refractivity contribution in [3.05, 3.63) is 0 Å². The third-order valence-electron chi connectivity index (χ3n) is 8.01. The molecule has 3 fully saturated rings. The summed E-state index contributed by atoms with van der Waals surface area (Å²) in [6, 6.07) is -3.75. The normalized spacial score (nSPS) is 23.7. The van der Waals surface area contributed by atoms with E-state index in [4.69, 9.17) is 0 Å². The van der Waals surface area contributed by atoms with Crippen molar-refractivity contribution in [1.29, 1.82) is 0 Å². The largest absolute Gasteiger partial charge is 0.465 e. The van der Waals surface area contributed by atoms with E-state index < -0.39 is 71.9 Å². The average Bonchev–Trinajstić information content (AvgIpc) is 3.29. The summed E-state index contributed by atoms with van der Waals surface area (Å²) in [6.07, 6.45) is 3.26. The van der Waals surface area contributed by atoms with Crippen LogP contribution < -0.4 is 16.0 Å². The molecule has 0 aromatic heterocycles. The number of halogens is 2. The maximum Gasteiger partial charge on any atom is 0.405 e. The van der Waals surface area contributed by atoms with Gasteiger partial charge in [-0.2, -0.15) is 0 Å². The van der Waals surface area contributed by atoms with Gasteiger partial charge in [-0.15, -0.1) is 0 Å². The Bertz CT molecular complexity index is 953. The Morgan fingerprint density at radius 3 is 2.08 bits per heavy atom. The van der Waals surface area contributed by atoms with E-state index in [0.717, 1.165) is 38.5 Å². The number of ketones is 1. The molecule has 3 aliphatic rings. The lowest BCUT2D eigenvalue weighted by Crippen LogP contribution is -2.59. The van der Waals surface area contributed by atoms with Crippen LogP contribution in [0.1, 0.15) is 85.5 Å². The molecule has 2 aliphatic carbocycles. The van der Waals surface area contributed by atoms with E-state index in [1.54, 1.807) is 20.8 Å². The number of hydrogen-bond acceptors (Lipinski definition) is 5. The van der Waals surface area contributed by atoms with E-state index in [9.17, 15) is 37.9 Å². The summed E-state index contributed by atoms with van der Waals surface area (Å²) in [4.78, 5) is 65.5. The zero-order valence-corrected chi connectivity index (χ0v) is 23.2. The summed E-state index contributed by atoms with van der Waals surface area (Å²) in [5.41, 5.74) is -0.798. The highest BCUT2D eigenvalue weighted by atomic mass is 19.3. The van der Waals surface area contributed by atoms with Gasteiger partial charge in [0.2, 0.25) is 23.5 Å². The van der Waals surface area contributed by atoms with E-state index in [2.05, 4.69) is 16.0 Å².